The minimum atomic E-state index is -0.000980. The zero-order valence-corrected chi connectivity index (χ0v) is 12.2. The van der Waals surface area contributed by atoms with Crippen LogP contribution in [-0.4, -0.2) is 42.5 Å². The van der Waals surface area contributed by atoms with Crippen molar-refractivity contribution in [2.45, 2.75) is 25.8 Å². The molecule has 0 unspecified atom stereocenters. The lowest BCUT2D eigenvalue weighted by Crippen LogP contribution is -2.53. The molecule has 0 aliphatic carbocycles. The minimum absolute atomic E-state index is 0.000980. The fraction of sp³-hybridized carbons (Fsp3) is 0.533. The Morgan fingerprint density at radius 2 is 2.16 bits per heavy atom. The SMILES string of the molecule is CC1(C)COCCN1CCC(=O)c1ccccc1Cl. The van der Waals surface area contributed by atoms with Crippen LogP contribution in [0.2, 0.25) is 5.02 Å². The second kappa shape index (κ2) is 6.04. The normalized spacial score (nSPS) is 19.3. The van der Waals surface area contributed by atoms with Crippen molar-refractivity contribution < 1.29 is 9.53 Å². The molecule has 4 heteroatoms. The summed E-state index contributed by atoms with van der Waals surface area (Å²) in [4.78, 5) is 14.5. The Labute approximate surface area is 119 Å². The van der Waals surface area contributed by atoms with E-state index in [0.29, 0.717) is 23.6 Å². The van der Waals surface area contributed by atoms with E-state index < -0.39 is 0 Å². The van der Waals surface area contributed by atoms with Crippen LogP contribution in [0.3, 0.4) is 0 Å². The monoisotopic (exact) mass is 281 g/mol. The van der Waals surface area contributed by atoms with Crippen molar-refractivity contribution in [3.05, 3.63) is 34.9 Å². The molecule has 0 amide bonds. The van der Waals surface area contributed by atoms with Crippen LogP contribution in [0.5, 0.6) is 0 Å². The van der Waals surface area contributed by atoms with E-state index >= 15 is 0 Å². The van der Waals surface area contributed by atoms with Gasteiger partial charge in [-0.05, 0) is 26.0 Å². The van der Waals surface area contributed by atoms with Crippen LogP contribution in [0, 0.1) is 0 Å². The lowest BCUT2D eigenvalue weighted by Gasteiger charge is -2.42. The van der Waals surface area contributed by atoms with Gasteiger partial charge in [-0.15, -0.1) is 0 Å². The molecule has 3 nitrogen and oxygen atoms in total. The van der Waals surface area contributed by atoms with Crippen LogP contribution in [0.15, 0.2) is 24.3 Å². The second-order valence-electron chi connectivity index (χ2n) is 5.51. The predicted molar refractivity (Wildman–Crippen MR) is 76.9 cm³/mol. The van der Waals surface area contributed by atoms with Gasteiger partial charge in [0.1, 0.15) is 0 Å². The molecule has 1 aromatic rings. The third-order valence-electron chi connectivity index (χ3n) is 3.60. The van der Waals surface area contributed by atoms with Gasteiger partial charge in [-0.1, -0.05) is 23.7 Å². The summed E-state index contributed by atoms with van der Waals surface area (Å²) >= 11 is 6.04. The van der Waals surface area contributed by atoms with E-state index in [2.05, 4.69) is 18.7 Å². The molecule has 0 atom stereocenters. The summed E-state index contributed by atoms with van der Waals surface area (Å²) < 4.78 is 5.48. The zero-order chi connectivity index (χ0) is 13.9. The van der Waals surface area contributed by atoms with E-state index in [1.165, 1.54) is 0 Å². The van der Waals surface area contributed by atoms with Crippen LogP contribution in [0.1, 0.15) is 30.6 Å². The molecular weight excluding hydrogens is 262 g/mol. The number of Topliss-reactive ketones (excluding diaryl/α,β-unsaturated/α-hetero) is 1. The van der Waals surface area contributed by atoms with Crippen molar-refractivity contribution in [3.63, 3.8) is 0 Å². The van der Waals surface area contributed by atoms with Gasteiger partial charge in [-0.25, -0.2) is 0 Å². The Hall–Kier alpha value is -0.900. The first-order valence-electron chi connectivity index (χ1n) is 6.61. The molecule has 1 heterocycles. The van der Waals surface area contributed by atoms with Gasteiger partial charge in [0, 0.05) is 30.6 Å². The number of ether oxygens (including phenoxy) is 1. The van der Waals surface area contributed by atoms with Crippen LogP contribution >= 0.6 is 11.6 Å². The summed E-state index contributed by atoms with van der Waals surface area (Å²) in [6.07, 6.45) is 0.493. The van der Waals surface area contributed by atoms with Crippen molar-refractivity contribution in [3.8, 4) is 0 Å². The summed E-state index contributed by atoms with van der Waals surface area (Å²) in [5, 5.41) is 0.536. The third kappa shape index (κ3) is 3.56. The van der Waals surface area contributed by atoms with Crippen molar-refractivity contribution in [1.82, 2.24) is 4.90 Å². The van der Waals surface area contributed by atoms with Gasteiger partial charge in [0.05, 0.1) is 18.2 Å². The third-order valence-corrected chi connectivity index (χ3v) is 3.93. The first kappa shape index (κ1) is 14.5. The topological polar surface area (TPSA) is 29.5 Å². The number of carbonyl (C=O) groups excluding carboxylic acids is 1. The number of hydrogen-bond acceptors (Lipinski definition) is 3. The average molecular weight is 282 g/mol. The van der Waals surface area contributed by atoms with Crippen molar-refractivity contribution in [2.75, 3.05) is 26.3 Å². The molecule has 0 saturated carbocycles. The molecule has 0 bridgehead atoms. The van der Waals surface area contributed by atoms with Gasteiger partial charge in [0.15, 0.2) is 5.78 Å². The molecule has 19 heavy (non-hydrogen) atoms. The summed E-state index contributed by atoms with van der Waals surface area (Å²) in [6.45, 7) is 7.37. The van der Waals surface area contributed by atoms with Crippen molar-refractivity contribution >= 4 is 17.4 Å². The maximum Gasteiger partial charge on any atom is 0.165 e. The molecule has 1 aliphatic heterocycles. The largest absolute Gasteiger partial charge is 0.378 e. The van der Waals surface area contributed by atoms with Crippen LogP contribution in [0.4, 0.5) is 0 Å². The molecule has 1 fully saturated rings. The fourth-order valence-corrected chi connectivity index (χ4v) is 2.60. The summed E-state index contributed by atoms with van der Waals surface area (Å²) in [5.41, 5.74) is 0.620. The quantitative estimate of drug-likeness (QED) is 0.795. The Morgan fingerprint density at radius 3 is 2.84 bits per heavy atom. The van der Waals surface area contributed by atoms with Gasteiger partial charge in [0.2, 0.25) is 0 Å². The highest BCUT2D eigenvalue weighted by atomic mass is 35.5. The number of halogens is 1. The van der Waals surface area contributed by atoms with E-state index in [1.54, 1.807) is 12.1 Å². The molecule has 0 aromatic heterocycles. The molecular formula is C15H20ClNO2. The predicted octanol–water partition coefficient (Wildman–Crippen LogP) is 3.02. The van der Waals surface area contributed by atoms with Crippen molar-refractivity contribution in [1.29, 1.82) is 0 Å². The molecule has 1 saturated heterocycles. The second-order valence-corrected chi connectivity index (χ2v) is 5.91. The smallest absolute Gasteiger partial charge is 0.165 e. The first-order valence-corrected chi connectivity index (χ1v) is 6.99. The highest BCUT2D eigenvalue weighted by molar-refractivity contribution is 6.33. The van der Waals surface area contributed by atoms with E-state index in [9.17, 15) is 4.79 Å². The van der Waals surface area contributed by atoms with Gasteiger partial charge in [-0.3, -0.25) is 9.69 Å². The maximum absolute atomic E-state index is 12.2. The van der Waals surface area contributed by atoms with Gasteiger partial charge in [0.25, 0.3) is 0 Å². The first-order chi connectivity index (χ1) is 9.00. The van der Waals surface area contributed by atoms with Crippen LogP contribution < -0.4 is 0 Å². The highest BCUT2D eigenvalue weighted by Gasteiger charge is 2.30. The van der Waals surface area contributed by atoms with E-state index in [0.717, 1.165) is 19.7 Å². The van der Waals surface area contributed by atoms with Gasteiger partial charge in [-0.2, -0.15) is 0 Å². The number of hydrogen-bond donors (Lipinski definition) is 0. The number of rotatable bonds is 4. The number of ketones is 1. The lowest BCUT2D eigenvalue weighted by molar-refractivity contribution is -0.0502. The van der Waals surface area contributed by atoms with E-state index in [1.807, 2.05) is 12.1 Å². The van der Waals surface area contributed by atoms with E-state index in [-0.39, 0.29) is 11.3 Å². The van der Waals surface area contributed by atoms with Gasteiger partial charge < -0.3 is 4.74 Å². The highest BCUT2D eigenvalue weighted by Crippen LogP contribution is 2.21. The number of benzene rings is 1. The molecule has 0 spiro atoms. The molecule has 104 valence electrons. The van der Waals surface area contributed by atoms with Gasteiger partial charge >= 0.3 is 0 Å². The average Bonchev–Trinajstić information content (AvgIpc) is 2.37. The van der Waals surface area contributed by atoms with E-state index in [4.69, 9.17) is 16.3 Å². The molecule has 1 aliphatic rings. The maximum atomic E-state index is 12.2. The Bertz CT molecular complexity index is 459. The lowest BCUT2D eigenvalue weighted by atomic mass is 10.0. The van der Waals surface area contributed by atoms with Crippen molar-refractivity contribution in [2.24, 2.45) is 0 Å². The van der Waals surface area contributed by atoms with Crippen LogP contribution in [0.25, 0.3) is 0 Å². The molecule has 2 rings (SSSR count). The zero-order valence-electron chi connectivity index (χ0n) is 11.5. The standard InChI is InChI=1S/C15H20ClNO2/c1-15(2)11-19-10-9-17(15)8-7-14(18)12-5-3-4-6-13(12)16/h3-6H,7-11H2,1-2H3. The molecule has 0 N–H and O–H groups in total. The fourth-order valence-electron chi connectivity index (χ4n) is 2.36. The Kier molecular flexibility index (Phi) is 4.61. The summed E-state index contributed by atoms with van der Waals surface area (Å²) in [7, 11) is 0. The number of nitrogens with zero attached hydrogens (tertiary/aromatic N) is 1. The molecule has 0 radical (unpaired) electrons. The number of carbonyl (C=O) groups is 1. The summed E-state index contributed by atoms with van der Waals surface area (Å²) in [5.74, 6) is 0.105. The Balaban J connectivity index is 1.95. The van der Waals surface area contributed by atoms with Crippen LogP contribution in [-0.2, 0) is 4.74 Å². The molecule has 1 aromatic carbocycles. The minimum Gasteiger partial charge on any atom is -0.378 e. The summed E-state index contributed by atoms with van der Waals surface area (Å²) in [6, 6.07) is 7.23. The number of morpholine rings is 1. The Morgan fingerprint density at radius 1 is 1.42 bits per heavy atom.